The highest BCUT2D eigenvalue weighted by Crippen LogP contribution is 2.40. The number of amides is 1. The molecule has 20 heavy (non-hydrogen) atoms. The van der Waals surface area contributed by atoms with Crippen molar-refractivity contribution in [3.8, 4) is 17.0 Å². The Bertz CT molecular complexity index is 665. The van der Waals surface area contributed by atoms with E-state index in [2.05, 4.69) is 10.3 Å². The average molecular weight is 291 g/mol. The van der Waals surface area contributed by atoms with Gasteiger partial charge in [-0.15, -0.1) is 0 Å². The number of nitrogens with one attached hydrogen (secondary N) is 1. The number of benzene rings is 1. The Morgan fingerprint density at radius 1 is 1.40 bits per heavy atom. The molecule has 1 aromatic carbocycles. The number of thiazole rings is 1. The maximum Gasteiger partial charge on any atom is 0.223 e. The minimum absolute atomic E-state index is 0.169. The summed E-state index contributed by atoms with van der Waals surface area (Å²) in [4.78, 5) is 15.5. The standard InChI is InChI=1S/C14H17N3O2S/c1-7-5-8(2)12(19-4)10(6-7)11-13(15)20-14(17-11)16-9(3)18/h5-6H,15H2,1-4H3,(H,16,17,18). The van der Waals surface area contributed by atoms with Crippen LogP contribution in [-0.2, 0) is 4.79 Å². The van der Waals surface area contributed by atoms with Crippen LogP contribution in [0.25, 0.3) is 11.3 Å². The lowest BCUT2D eigenvalue weighted by Crippen LogP contribution is -2.05. The maximum absolute atomic E-state index is 11.1. The van der Waals surface area contributed by atoms with Crippen molar-refractivity contribution in [1.82, 2.24) is 4.98 Å². The van der Waals surface area contributed by atoms with Gasteiger partial charge < -0.3 is 15.8 Å². The Morgan fingerprint density at radius 2 is 2.10 bits per heavy atom. The van der Waals surface area contributed by atoms with Gasteiger partial charge in [0.15, 0.2) is 5.13 Å². The fourth-order valence-electron chi connectivity index (χ4n) is 2.13. The summed E-state index contributed by atoms with van der Waals surface area (Å²) in [6, 6.07) is 4.02. The SMILES string of the molecule is COc1c(C)cc(C)cc1-c1nc(NC(C)=O)sc1N. The highest BCUT2D eigenvalue weighted by molar-refractivity contribution is 7.20. The van der Waals surface area contributed by atoms with E-state index in [1.807, 2.05) is 26.0 Å². The summed E-state index contributed by atoms with van der Waals surface area (Å²) in [5, 5.41) is 3.69. The molecule has 0 radical (unpaired) electrons. The lowest BCUT2D eigenvalue weighted by atomic mass is 10.0. The number of anilines is 2. The monoisotopic (exact) mass is 291 g/mol. The number of hydrogen-bond acceptors (Lipinski definition) is 5. The molecule has 0 atom stereocenters. The lowest BCUT2D eigenvalue weighted by Gasteiger charge is -2.11. The zero-order chi connectivity index (χ0) is 14.9. The van der Waals surface area contributed by atoms with Crippen LogP contribution >= 0.6 is 11.3 Å². The van der Waals surface area contributed by atoms with Crippen molar-refractivity contribution in [1.29, 1.82) is 0 Å². The van der Waals surface area contributed by atoms with Crippen molar-refractivity contribution < 1.29 is 9.53 Å². The number of carbonyl (C=O) groups excluding carboxylic acids is 1. The summed E-state index contributed by atoms with van der Waals surface area (Å²) < 4.78 is 5.45. The van der Waals surface area contributed by atoms with Gasteiger partial charge in [-0.25, -0.2) is 4.98 Å². The molecule has 0 aliphatic heterocycles. The number of hydrogen-bond donors (Lipinski definition) is 2. The van der Waals surface area contributed by atoms with Crippen LogP contribution in [0.1, 0.15) is 18.1 Å². The Labute approximate surface area is 121 Å². The molecule has 1 heterocycles. The first kappa shape index (κ1) is 14.3. The summed E-state index contributed by atoms with van der Waals surface area (Å²) in [6.07, 6.45) is 0. The minimum atomic E-state index is -0.169. The number of nitrogens with zero attached hydrogens (tertiary/aromatic N) is 1. The molecule has 6 heteroatoms. The molecule has 0 bridgehead atoms. The fourth-order valence-corrected chi connectivity index (χ4v) is 2.92. The fraction of sp³-hybridized carbons (Fsp3) is 0.286. The molecule has 2 rings (SSSR count). The smallest absolute Gasteiger partial charge is 0.223 e. The first-order valence-electron chi connectivity index (χ1n) is 6.12. The van der Waals surface area contributed by atoms with Crippen LogP contribution in [0.4, 0.5) is 10.1 Å². The molecule has 0 spiro atoms. The summed E-state index contributed by atoms with van der Waals surface area (Å²) in [5.41, 5.74) is 9.63. The number of aryl methyl sites for hydroxylation is 2. The van der Waals surface area contributed by atoms with Crippen molar-refractivity contribution >= 4 is 27.4 Å². The van der Waals surface area contributed by atoms with E-state index in [1.165, 1.54) is 18.3 Å². The van der Waals surface area contributed by atoms with Crippen LogP contribution in [0.5, 0.6) is 5.75 Å². The third kappa shape index (κ3) is 2.75. The van der Waals surface area contributed by atoms with E-state index in [-0.39, 0.29) is 5.91 Å². The van der Waals surface area contributed by atoms with Gasteiger partial charge in [0.25, 0.3) is 0 Å². The summed E-state index contributed by atoms with van der Waals surface area (Å²) in [7, 11) is 1.62. The Kier molecular flexibility index (Phi) is 3.94. The molecule has 0 unspecified atom stereocenters. The Hall–Kier alpha value is -2.08. The molecule has 0 saturated carbocycles. The number of ether oxygens (including phenoxy) is 1. The predicted molar refractivity (Wildman–Crippen MR) is 82.3 cm³/mol. The van der Waals surface area contributed by atoms with E-state index >= 15 is 0 Å². The molecule has 0 aliphatic rings. The van der Waals surface area contributed by atoms with E-state index in [0.29, 0.717) is 15.8 Å². The molecule has 0 saturated heterocycles. The van der Waals surface area contributed by atoms with Crippen LogP contribution < -0.4 is 15.8 Å². The van der Waals surface area contributed by atoms with E-state index in [0.717, 1.165) is 22.4 Å². The molecular formula is C14H17N3O2S. The largest absolute Gasteiger partial charge is 0.496 e. The van der Waals surface area contributed by atoms with Gasteiger partial charge in [0.1, 0.15) is 16.4 Å². The van der Waals surface area contributed by atoms with Crippen molar-refractivity contribution in [3.05, 3.63) is 23.3 Å². The number of methoxy groups -OCH3 is 1. The van der Waals surface area contributed by atoms with Gasteiger partial charge in [-0.1, -0.05) is 17.4 Å². The summed E-state index contributed by atoms with van der Waals surface area (Å²) in [5.74, 6) is 0.583. The third-order valence-electron chi connectivity index (χ3n) is 2.81. The molecular weight excluding hydrogens is 274 g/mol. The maximum atomic E-state index is 11.1. The van der Waals surface area contributed by atoms with Crippen molar-refractivity contribution in [2.24, 2.45) is 0 Å². The van der Waals surface area contributed by atoms with Crippen molar-refractivity contribution in [2.45, 2.75) is 20.8 Å². The van der Waals surface area contributed by atoms with Gasteiger partial charge in [0.2, 0.25) is 5.91 Å². The zero-order valence-electron chi connectivity index (χ0n) is 11.9. The second-order valence-corrected chi connectivity index (χ2v) is 5.61. The van der Waals surface area contributed by atoms with Crippen LogP contribution in [-0.4, -0.2) is 18.0 Å². The van der Waals surface area contributed by atoms with Crippen LogP contribution in [0.3, 0.4) is 0 Å². The second-order valence-electron chi connectivity index (χ2n) is 4.58. The molecule has 106 valence electrons. The van der Waals surface area contributed by atoms with E-state index in [1.54, 1.807) is 7.11 Å². The first-order valence-corrected chi connectivity index (χ1v) is 6.93. The van der Waals surface area contributed by atoms with Gasteiger partial charge in [0.05, 0.1) is 7.11 Å². The average Bonchev–Trinajstić information content (AvgIpc) is 2.68. The first-order chi connectivity index (χ1) is 9.42. The normalized spacial score (nSPS) is 10.4. The molecule has 2 aromatic rings. The van der Waals surface area contributed by atoms with Crippen molar-refractivity contribution in [3.63, 3.8) is 0 Å². The highest BCUT2D eigenvalue weighted by atomic mass is 32.1. The van der Waals surface area contributed by atoms with Crippen LogP contribution in [0.15, 0.2) is 12.1 Å². The predicted octanol–water partition coefficient (Wildman–Crippen LogP) is 2.98. The quantitative estimate of drug-likeness (QED) is 0.911. The van der Waals surface area contributed by atoms with Gasteiger partial charge in [0, 0.05) is 12.5 Å². The van der Waals surface area contributed by atoms with Gasteiger partial charge in [-0.3, -0.25) is 4.79 Å². The van der Waals surface area contributed by atoms with Crippen LogP contribution in [0.2, 0.25) is 0 Å². The number of nitrogen functional groups attached to an aromatic ring is 1. The van der Waals surface area contributed by atoms with Crippen LogP contribution in [0, 0.1) is 13.8 Å². The zero-order valence-corrected chi connectivity index (χ0v) is 12.7. The molecule has 1 amide bonds. The number of carbonyl (C=O) groups is 1. The molecule has 3 N–H and O–H groups in total. The van der Waals surface area contributed by atoms with E-state index in [4.69, 9.17) is 10.5 Å². The highest BCUT2D eigenvalue weighted by Gasteiger charge is 2.17. The van der Waals surface area contributed by atoms with E-state index in [9.17, 15) is 4.79 Å². The number of rotatable bonds is 3. The molecule has 0 aliphatic carbocycles. The third-order valence-corrected chi connectivity index (χ3v) is 3.61. The Balaban J connectivity index is 2.56. The van der Waals surface area contributed by atoms with Crippen molar-refractivity contribution in [2.75, 3.05) is 18.2 Å². The second kappa shape index (κ2) is 5.50. The van der Waals surface area contributed by atoms with Gasteiger partial charge in [-0.05, 0) is 31.0 Å². The number of aromatic nitrogens is 1. The topological polar surface area (TPSA) is 77.2 Å². The molecule has 0 fully saturated rings. The minimum Gasteiger partial charge on any atom is -0.496 e. The Morgan fingerprint density at radius 3 is 2.70 bits per heavy atom. The number of nitrogens with two attached hydrogens (primary N) is 1. The lowest BCUT2D eigenvalue weighted by molar-refractivity contribution is -0.114. The summed E-state index contributed by atoms with van der Waals surface area (Å²) in [6.45, 7) is 5.43. The van der Waals surface area contributed by atoms with Gasteiger partial charge in [-0.2, -0.15) is 0 Å². The van der Waals surface area contributed by atoms with E-state index < -0.39 is 0 Å². The molecule has 5 nitrogen and oxygen atoms in total. The summed E-state index contributed by atoms with van der Waals surface area (Å²) >= 11 is 1.25. The van der Waals surface area contributed by atoms with Gasteiger partial charge >= 0.3 is 0 Å². The molecule has 1 aromatic heterocycles.